The lowest BCUT2D eigenvalue weighted by molar-refractivity contribution is -0.113. The SMILES string of the molecule is COc1ccc(OC)c(/C=C2/SC(=S)N(c3ccccc3C(N)=O)C2=O)c1. The van der Waals surface area contributed by atoms with Crippen LogP contribution >= 0.6 is 24.0 Å². The van der Waals surface area contributed by atoms with Crippen LogP contribution in [0.4, 0.5) is 5.69 Å². The molecule has 0 saturated carbocycles. The summed E-state index contributed by atoms with van der Waals surface area (Å²) in [6.07, 6.45) is 1.69. The topological polar surface area (TPSA) is 81.9 Å². The Morgan fingerprint density at radius 1 is 1.19 bits per heavy atom. The van der Waals surface area contributed by atoms with E-state index in [1.807, 2.05) is 0 Å². The lowest BCUT2D eigenvalue weighted by Crippen LogP contribution is -2.30. The zero-order valence-corrected chi connectivity index (χ0v) is 16.2. The van der Waals surface area contributed by atoms with Crippen LogP contribution in [0.5, 0.6) is 11.5 Å². The molecule has 1 fully saturated rings. The molecule has 8 heteroatoms. The van der Waals surface area contributed by atoms with E-state index in [0.29, 0.717) is 32.0 Å². The van der Waals surface area contributed by atoms with E-state index in [1.165, 1.54) is 4.90 Å². The Morgan fingerprint density at radius 2 is 1.93 bits per heavy atom. The third kappa shape index (κ3) is 3.67. The van der Waals surface area contributed by atoms with E-state index in [4.69, 9.17) is 27.4 Å². The van der Waals surface area contributed by atoms with E-state index in [9.17, 15) is 9.59 Å². The van der Waals surface area contributed by atoms with Gasteiger partial charge in [0.15, 0.2) is 4.32 Å². The van der Waals surface area contributed by atoms with Crippen molar-refractivity contribution in [3.8, 4) is 11.5 Å². The number of nitrogens with zero attached hydrogens (tertiary/aromatic N) is 1. The summed E-state index contributed by atoms with van der Waals surface area (Å²) in [4.78, 5) is 26.4. The lowest BCUT2D eigenvalue weighted by Gasteiger charge is -2.17. The number of primary amides is 1. The van der Waals surface area contributed by atoms with E-state index in [0.717, 1.165) is 11.8 Å². The molecule has 0 atom stereocenters. The predicted molar refractivity (Wildman–Crippen MR) is 110 cm³/mol. The largest absolute Gasteiger partial charge is 0.497 e. The van der Waals surface area contributed by atoms with Crippen molar-refractivity contribution in [3.05, 3.63) is 58.5 Å². The van der Waals surface area contributed by atoms with Gasteiger partial charge in [-0.05, 0) is 36.4 Å². The smallest absolute Gasteiger partial charge is 0.270 e. The average Bonchev–Trinajstić information content (AvgIpc) is 2.94. The monoisotopic (exact) mass is 400 g/mol. The average molecular weight is 400 g/mol. The van der Waals surface area contributed by atoms with Gasteiger partial charge < -0.3 is 15.2 Å². The van der Waals surface area contributed by atoms with Crippen LogP contribution in [0.15, 0.2) is 47.4 Å². The molecule has 1 aliphatic rings. The van der Waals surface area contributed by atoms with E-state index in [1.54, 1.807) is 62.8 Å². The highest BCUT2D eigenvalue weighted by molar-refractivity contribution is 8.27. The molecule has 3 rings (SSSR count). The Bertz CT molecular complexity index is 972. The van der Waals surface area contributed by atoms with Crippen molar-refractivity contribution in [1.29, 1.82) is 0 Å². The standard InChI is InChI=1S/C19H16N2O4S2/c1-24-12-7-8-15(25-2)11(9-12)10-16-18(23)21(19(26)27-16)14-6-4-3-5-13(14)17(20)22/h3-10H,1-2H3,(H2,20,22)/b16-10+. The molecular weight excluding hydrogens is 384 g/mol. The number of hydrogen-bond acceptors (Lipinski definition) is 6. The molecule has 0 aromatic heterocycles. The number of nitrogens with two attached hydrogens (primary N) is 1. The lowest BCUT2D eigenvalue weighted by atomic mass is 10.1. The molecule has 2 N–H and O–H groups in total. The van der Waals surface area contributed by atoms with Crippen LogP contribution in [-0.2, 0) is 4.79 Å². The van der Waals surface area contributed by atoms with E-state index in [2.05, 4.69) is 0 Å². The fourth-order valence-corrected chi connectivity index (χ4v) is 3.92. The summed E-state index contributed by atoms with van der Waals surface area (Å²) in [6, 6.07) is 11.9. The third-order valence-electron chi connectivity index (χ3n) is 3.93. The van der Waals surface area contributed by atoms with Gasteiger partial charge in [-0.1, -0.05) is 36.1 Å². The van der Waals surface area contributed by atoms with Crippen LogP contribution in [0.3, 0.4) is 0 Å². The second kappa shape index (κ2) is 7.81. The Kier molecular flexibility index (Phi) is 5.48. The van der Waals surface area contributed by atoms with Gasteiger partial charge in [-0.3, -0.25) is 14.5 Å². The summed E-state index contributed by atoms with van der Waals surface area (Å²) < 4.78 is 10.9. The number of rotatable bonds is 5. The third-order valence-corrected chi connectivity index (χ3v) is 5.23. The van der Waals surface area contributed by atoms with Crippen molar-refractivity contribution in [2.75, 3.05) is 19.1 Å². The summed E-state index contributed by atoms with van der Waals surface area (Å²) >= 11 is 6.51. The molecule has 27 heavy (non-hydrogen) atoms. The Labute approximate surface area is 165 Å². The first kappa shape index (κ1) is 18.9. The van der Waals surface area contributed by atoms with Crippen molar-refractivity contribution in [1.82, 2.24) is 0 Å². The number of thiocarbonyl (C=S) groups is 1. The molecule has 2 amide bonds. The van der Waals surface area contributed by atoms with E-state index < -0.39 is 5.91 Å². The maximum Gasteiger partial charge on any atom is 0.270 e. The highest BCUT2D eigenvalue weighted by Gasteiger charge is 2.35. The maximum atomic E-state index is 13.0. The van der Waals surface area contributed by atoms with Crippen LogP contribution in [0, 0.1) is 0 Å². The molecule has 1 aliphatic heterocycles. The summed E-state index contributed by atoms with van der Waals surface area (Å²) in [5.41, 5.74) is 6.71. The van der Waals surface area contributed by atoms with Crippen LogP contribution in [0.25, 0.3) is 6.08 Å². The zero-order chi connectivity index (χ0) is 19.6. The number of hydrogen-bond donors (Lipinski definition) is 1. The highest BCUT2D eigenvalue weighted by Crippen LogP contribution is 2.38. The highest BCUT2D eigenvalue weighted by atomic mass is 32.2. The first-order valence-electron chi connectivity index (χ1n) is 7.85. The normalized spacial score (nSPS) is 15.3. The molecule has 0 unspecified atom stereocenters. The Hall–Kier alpha value is -2.84. The second-order valence-electron chi connectivity index (χ2n) is 5.51. The van der Waals surface area contributed by atoms with Gasteiger partial charge >= 0.3 is 0 Å². The zero-order valence-electron chi connectivity index (χ0n) is 14.6. The van der Waals surface area contributed by atoms with Crippen molar-refractivity contribution < 1.29 is 19.1 Å². The van der Waals surface area contributed by atoms with E-state index in [-0.39, 0.29) is 11.5 Å². The number of amides is 2. The van der Waals surface area contributed by atoms with Gasteiger partial charge in [-0.2, -0.15) is 0 Å². The van der Waals surface area contributed by atoms with Gasteiger partial charge in [-0.25, -0.2) is 0 Å². The van der Waals surface area contributed by atoms with Crippen LogP contribution < -0.4 is 20.1 Å². The number of benzene rings is 2. The summed E-state index contributed by atoms with van der Waals surface area (Å²) in [5, 5.41) is 0. The number of para-hydroxylation sites is 1. The quantitative estimate of drug-likeness (QED) is 0.613. The molecule has 138 valence electrons. The van der Waals surface area contributed by atoms with Crippen molar-refractivity contribution in [2.45, 2.75) is 0 Å². The number of anilines is 1. The second-order valence-corrected chi connectivity index (χ2v) is 7.18. The number of ether oxygens (including phenoxy) is 2. The molecule has 0 aliphatic carbocycles. The minimum atomic E-state index is -0.627. The van der Waals surface area contributed by atoms with Crippen molar-refractivity contribution in [2.24, 2.45) is 5.73 Å². The molecule has 0 spiro atoms. The molecule has 2 aromatic rings. The molecule has 0 bridgehead atoms. The number of carbonyl (C=O) groups is 2. The first-order chi connectivity index (χ1) is 13.0. The van der Waals surface area contributed by atoms with Gasteiger partial charge in [0.05, 0.1) is 30.4 Å². The molecular formula is C19H16N2O4S2. The fourth-order valence-electron chi connectivity index (χ4n) is 2.65. The fraction of sp³-hybridized carbons (Fsp3) is 0.105. The molecule has 6 nitrogen and oxygen atoms in total. The minimum Gasteiger partial charge on any atom is -0.497 e. The van der Waals surface area contributed by atoms with E-state index >= 15 is 0 Å². The van der Waals surface area contributed by atoms with Crippen LogP contribution in [0.2, 0.25) is 0 Å². The van der Waals surface area contributed by atoms with Crippen molar-refractivity contribution in [3.63, 3.8) is 0 Å². The predicted octanol–water partition coefficient (Wildman–Crippen LogP) is 3.21. The summed E-state index contributed by atoms with van der Waals surface area (Å²) in [7, 11) is 3.11. The van der Waals surface area contributed by atoms with Crippen LogP contribution in [-0.4, -0.2) is 30.4 Å². The summed E-state index contributed by atoms with van der Waals surface area (Å²) in [6.45, 7) is 0. The minimum absolute atomic E-state index is 0.231. The summed E-state index contributed by atoms with van der Waals surface area (Å²) in [5.74, 6) is 0.275. The Balaban J connectivity index is 2.03. The maximum absolute atomic E-state index is 13.0. The number of carbonyl (C=O) groups excluding carboxylic acids is 2. The Morgan fingerprint density at radius 3 is 2.59 bits per heavy atom. The van der Waals surface area contributed by atoms with Crippen molar-refractivity contribution >= 4 is 51.9 Å². The molecule has 0 radical (unpaired) electrons. The van der Waals surface area contributed by atoms with Gasteiger partial charge in [0, 0.05) is 5.56 Å². The van der Waals surface area contributed by atoms with Gasteiger partial charge in [0.1, 0.15) is 11.5 Å². The van der Waals surface area contributed by atoms with Gasteiger partial charge in [-0.15, -0.1) is 0 Å². The molecule has 2 aromatic carbocycles. The molecule has 1 heterocycles. The van der Waals surface area contributed by atoms with Crippen LogP contribution in [0.1, 0.15) is 15.9 Å². The first-order valence-corrected chi connectivity index (χ1v) is 9.07. The van der Waals surface area contributed by atoms with Gasteiger partial charge in [0.25, 0.3) is 11.8 Å². The number of thioether (sulfide) groups is 1. The van der Waals surface area contributed by atoms with Gasteiger partial charge in [0.2, 0.25) is 0 Å². The molecule has 1 saturated heterocycles. The number of methoxy groups -OCH3 is 2.